The molecule has 0 aliphatic carbocycles. The van der Waals surface area contributed by atoms with Gasteiger partial charge in [0, 0.05) is 5.56 Å². The van der Waals surface area contributed by atoms with E-state index in [9.17, 15) is 12.8 Å². The zero-order valence-electron chi connectivity index (χ0n) is 8.03. The van der Waals surface area contributed by atoms with Crippen LogP contribution < -0.4 is 0 Å². The van der Waals surface area contributed by atoms with Crippen molar-refractivity contribution in [2.24, 2.45) is 0 Å². The molecule has 0 aliphatic heterocycles. The molecule has 14 heavy (non-hydrogen) atoms. The van der Waals surface area contributed by atoms with E-state index in [1.807, 2.05) is 0 Å². The summed E-state index contributed by atoms with van der Waals surface area (Å²) in [5.41, 5.74) is 0.251. The number of sulfone groups is 1. The van der Waals surface area contributed by atoms with E-state index in [4.69, 9.17) is 0 Å². The fourth-order valence-corrected chi connectivity index (χ4v) is 2.71. The molecule has 0 heterocycles. The molecule has 1 aromatic carbocycles. The summed E-state index contributed by atoms with van der Waals surface area (Å²) in [7, 11) is -3.15. The predicted octanol–water partition coefficient (Wildman–Crippen LogP) is 2.15. The maximum atomic E-state index is 13.1. The van der Waals surface area contributed by atoms with Crippen LogP contribution in [0.4, 0.5) is 4.39 Å². The lowest BCUT2D eigenvalue weighted by Crippen LogP contribution is -2.09. The van der Waals surface area contributed by atoms with Gasteiger partial charge in [-0.15, -0.1) is 0 Å². The molecule has 0 radical (unpaired) electrons. The van der Waals surface area contributed by atoms with E-state index in [0.717, 1.165) is 0 Å². The first-order valence-electron chi connectivity index (χ1n) is 4.49. The third kappa shape index (κ3) is 3.10. The lowest BCUT2D eigenvalue weighted by molar-refractivity contribution is 0.586. The molecule has 4 heteroatoms. The SMILES string of the molecule is CCCS(=O)(=O)Cc1ccccc1F. The van der Waals surface area contributed by atoms with E-state index in [0.29, 0.717) is 6.42 Å². The Morgan fingerprint density at radius 3 is 2.50 bits per heavy atom. The maximum Gasteiger partial charge on any atom is 0.154 e. The number of benzene rings is 1. The average molecular weight is 216 g/mol. The fourth-order valence-electron chi connectivity index (χ4n) is 1.24. The first-order valence-corrected chi connectivity index (χ1v) is 6.31. The van der Waals surface area contributed by atoms with Crippen LogP contribution in [0.5, 0.6) is 0 Å². The topological polar surface area (TPSA) is 34.1 Å². The largest absolute Gasteiger partial charge is 0.228 e. The van der Waals surface area contributed by atoms with Crippen molar-refractivity contribution in [3.63, 3.8) is 0 Å². The van der Waals surface area contributed by atoms with Crippen molar-refractivity contribution in [2.75, 3.05) is 5.75 Å². The number of hydrogen-bond donors (Lipinski definition) is 0. The molecule has 0 amide bonds. The predicted molar refractivity (Wildman–Crippen MR) is 54.2 cm³/mol. The lowest BCUT2D eigenvalue weighted by Gasteiger charge is -2.03. The minimum Gasteiger partial charge on any atom is -0.228 e. The molecule has 1 rings (SSSR count). The maximum absolute atomic E-state index is 13.1. The van der Waals surface area contributed by atoms with Crippen molar-refractivity contribution in [3.8, 4) is 0 Å². The van der Waals surface area contributed by atoms with Crippen LogP contribution in [0.15, 0.2) is 24.3 Å². The van der Waals surface area contributed by atoms with Gasteiger partial charge in [0.05, 0.1) is 11.5 Å². The van der Waals surface area contributed by atoms with Crippen LogP contribution in [0.2, 0.25) is 0 Å². The Bertz CT molecular complexity index is 398. The Morgan fingerprint density at radius 1 is 1.29 bits per heavy atom. The molecule has 0 unspecified atom stereocenters. The smallest absolute Gasteiger partial charge is 0.154 e. The number of rotatable bonds is 4. The number of halogens is 1. The molecule has 78 valence electrons. The summed E-state index contributed by atoms with van der Waals surface area (Å²) in [6.45, 7) is 1.79. The molecule has 0 N–H and O–H groups in total. The molecule has 0 fully saturated rings. The van der Waals surface area contributed by atoms with Gasteiger partial charge in [-0.05, 0) is 12.5 Å². The second-order valence-corrected chi connectivity index (χ2v) is 5.37. The fraction of sp³-hybridized carbons (Fsp3) is 0.400. The van der Waals surface area contributed by atoms with Gasteiger partial charge < -0.3 is 0 Å². The molecule has 0 spiro atoms. The van der Waals surface area contributed by atoms with Crippen molar-refractivity contribution in [1.29, 1.82) is 0 Å². The summed E-state index contributed by atoms with van der Waals surface area (Å²) in [5.74, 6) is -0.540. The Morgan fingerprint density at radius 2 is 1.93 bits per heavy atom. The molecule has 0 atom stereocenters. The van der Waals surface area contributed by atoms with Gasteiger partial charge in [-0.25, -0.2) is 12.8 Å². The summed E-state index contributed by atoms with van der Waals surface area (Å²) >= 11 is 0. The van der Waals surface area contributed by atoms with Gasteiger partial charge in [-0.1, -0.05) is 25.1 Å². The van der Waals surface area contributed by atoms with Crippen molar-refractivity contribution < 1.29 is 12.8 Å². The highest BCUT2D eigenvalue weighted by Gasteiger charge is 2.12. The molecule has 0 aromatic heterocycles. The van der Waals surface area contributed by atoms with Crippen LogP contribution in [-0.2, 0) is 15.6 Å². The van der Waals surface area contributed by atoms with Crippen LogP contribution in [0, 0.1) is 5.82 Å². The van der Waals surface area contributed by atoms with Crippen molar-refractivity contribution in [3.05, 3.63) is 35.6 Å². The summed E-state index contributed by atoms with van der Waals surface area (Å²) in [4.78, 5) is 0. The lowest BCUT2D eigenvalue weighted by atomic mass is 10.2. The Kier molecular flexibility index (Phi) is 3.63. The first kappa shape index (κ1) is 11.2. The quantitative estimate of drug-likeness (QED) is 0.772. The Balaban J connectivity index is 2.84. The molecule has 0 aliphatic rings. The Labute approximate surface area is 83.7 Å². The third-order valence-electron chi connectivity index (χ3n) is 1.85. The monoisotopic (exact) mass is 216 g/mol. The van der Waals surface area contributed by atoms with E-state index in [2.05, 4.69) is 0 Å². The van der Waals surface area contributed by atoms with E-state index in [1.54, 1.807) is 19.1 Å². The van der Waals surface area contributed by atoms with E-state index < -0.39 is 15.7 Å². The molecule has 0 saturated heterocycles. The van der Waals surface area contributed by atoms with Crippen molar-refractivity contribution in [2.45, 2.75) is 19.1 Å². The van der Waals surface area contributed by atoms with Crippen molar-refractivity contribution in [1.82, 2.24) is 0 Å². The van der Waals surface area contributed by atoms with Crippen LogP contribution in [-0.4, -0.2) is 14.2 Å². The molecule has 2 nitrogen and oxygen atoms in total. The van der Waals surface area contributed by atoms with Gasteiger partial charge >= 0.3 is 0 Å². The molecular formula is C10H13FO2S. The van der Waals surface area contributed by atoms with Crippen LogP contribution in [0.3, 0.4) is 0 Å². The zero-order chi connectivity index (χ0) is 10.6. The van der Waals surface area contributed by atoms with Crippen molar-refractivity contribution >= 4 is 9.84 Å². The summed E-state index contributed by atoms with van der Waals surface area (Å²) in [5, 5.41) is 0. The Hall–Kier alpha value is -0.900. The second kappa shape index (κ2) is 4.55. The van der Waals surface area contributed by atoms with Gasteiger partial charge in [0.15, 0.2) is 9.84 Å². The van der Waals surface area contributed by atoms with Gasteiger partial charge in [0.25, 0.3) is 0 Å². The zero-order valence-corrected chi connectivity index (χ0v) is 8.85. The standard InChI is InChI=1S/C10H13FO2S/c1-2-7-14(12,13)8-9-5-3-4-6-10(9)11/h3-6H,2,7-8H2,1H3. The molecule has 0 bridgehead atoms. The third-order valence-corrected chi connectivity index (χ3v) is 3.63. The molecule has 1 aromatic rings. The minimum atomic E-state index is -3.15. The van der Waals surface area contributed by atoms with Crippen LogP contribution in [0.1, 0.15) is 18.9 Å². The normalized spacial score (nSPS) is 11.6. The highest BCUT2D eigenvalue weighted by molar-refractivity contribution is 7.90. The molecular weight excluding hydrogens is 203 g/mol. The van der Waals surface area contributed by atoms with E-state index in [-0.39, 0.29) is 17.1 Å². The molecule has 0 saturated carbocycles. The second-order valence-electron chi connectivity index (χ2n) is 3.18. The van der Waals surface area contributed by atoms with Gasteiger partial charge in [0.2, 0.25) is 0 Å². The van der Waals surface area contributed by atoms with Gasteiger partial charge in [-0.3, -0.25) is 0 Å². The summed E-state index contributed by atoms with van der Waals surface area (Å²) in [6, 6.07) is 5.96. The number of hydrogen-bond acceptors (Lipinski definition) is 2. The minimum absolute atomic E-state index is 0.112. The first-order chi connectivity index (χ1) is 6.55. The van der Waals surface area contributed by atoms with Crippen LogP contribution >= 0.6 is 0 Å². The van der Waals surface area contributed by atoms with E-state index in [1.165, 1.54) is 12.1 Å². The highest BCUT2D eigenvalue weighted by Crippen LogP contribution is 2.11. The average Bonchev–Trinajstić information content (AvgIpc) is 2.08. The van der Waals surface area contributed by atoms with Gasteiger partial charge in [-0.2, -0.15) is 0 Å². The highest BCUT2D eigenvalue weighted by atomic mass is 32.2. The summed E-state index contributed by atoms with van der Waals surface area (Å²) < 4.78 is 35.9. The van der Waals surface area contributed by atoms with E-state index >= 15 is 0 Å². The van der Waals surface area contributed by atoms with Gasteiger partial charge in [0.1, 0.15) is 5.82 Å². The van der Waals surface area contributed by atoms with Crippen LogP contribution in [0.25, 0.3) is 0 Å². The summed E-state index contributed by atoms with van der Waals surface area (Å²) in [6.07, 6.45) is 0.566.